The van der Waals surface area contributed by atoms with Gasteiger partial charge in [-0.2, -0.15) is 0 Å². The Hall–Kier alpha value is -1.58. The van der Waals surface area contributed by atoms with Crippen molar-refractivity contribution in [3.05, 3.63) is 23.5 Å². The molecule has 0 aliphatic carbocycles. The number of hydrogen-bond acceptors (Lipinski definition) is 3. The van der Waals surface area contributed by atoms with Gasteiger partial charge in [-0.3, -0.25) is 9.78 Å². The van der Waals surface area contributed by atoms with Crippen molar-refractivity contribution < 1.29 is 4.79 Å². The SMILES string of the molecule is CCC(CC)NC(=O)c1cc(N)cnc1C. The summed E-state index contributed by atoms with van der Waals surface area (Å²) in [4.78, 5) is 16.0. The molecule has 0 saturated carbocycles. The van der Waals surface area contributed by atoms with Crippen LogP contribution in [0.5, 0.6) is 0 Å². The van der Waals surface area contributed by atoms with Crippen molar-refractivity contribution in [3.8, 4) is 0 Å². The van der Waals surface area contributed by atoms with Crippen LogP contribution in [0.3, 0.4) is 0 Å². The number of amides is 1. The van der Waals surface area contributed by atoms with E-state index in [1.807, 2.05) is 0 Å². The van der Waals surface area contributed by atoms with Crippen LogP contribution in [0.1, 0.15) is 42.7 Å². The highest BCUT2D eigenvalue weighted by atomic mass is 16.1. The molecule has 0 atom stereocenters. The summed E-state index contributed by atoms with van der Waals surface area (Å²) in [6.07, 6.45) is 3.41. The predicted molar refractivity (Wildman–Crippen MR) is 65.2 cm³/mol. The van der Waals surface area contributed by atoms with Crippen molar-refractivity contribution in [1.29, 1.82) is 0 Å². The van der Waals surface area contributed by atoms with E-state index in [0.717, 1.165) is 12.8 Å². The van der Waals surface area contributed by atoms with E-state index in [1.54, 1.807) is 19.2 Å². The molecule has 1 aromatic rings. The summed E-state index contributed by atoms with van der Waals surface area (Å²) in [5.41, 5.74) is 7.40. The maximum Gasteiger partial charge on any atom is 0.253 e. The zero-order chi connectivity index (χ0) is 12.1. The summed E-state index contributed by atoms with van der Waals surface area (Å²) in [5.74, 6) is -0.0917. The third kappa shape index (κ3) is 2.95. The third-order valence-electron chi connectivity index (χ3n) is 2.67. The second kappa shape index (κ2) is 5.49. The molecule has 16 heavy (non-hydrogen) atoms. The monoisotopic (exact) mass is 221 g/mol. The molecule has 1 heterocycles. The fourth-order valence-electron chi connectivity index (χ4n) is 1.54. The average molecular weight is 221 g/mol. The lowest BCUT2D eigenvalue weighted by molar-refractivity contribution is 0.0934. The van der Waals surface area contributed by atoms with Gasteiger partial charge in [-0.15, -0.1) is 0 Å². The Morgan fingerprint density at radius 2 is 2.12 bits per heavy atom. The molecule has 0 aromatic carbocycles. The van der Waals surface area contributed by atoms with Crippen LogP contribution in [0.2, 0.25) is 0 Å². The number of nitrogens with two attached hydrogens (primary N) is 1. The fraction of sp³-hybridized carbons (Fsp3) is 0.500. The molecule has 0 aliphatic heterocycles. The number of hydrogen-bond donors (Lipinski definition) is 2. The minimum atomic E-state index is -0.0917. The van der Waals surface area contributed by atoms with Gasteiger partial charge in [0.25, 0.3) is 5.91 Å². The van der Waals surface area contributed by atoms with Crippen LogP contribution in [0, 0.1) is 6.92 Å². The number of rotatable bonds is 4. The normalized spacial score (nSPS) is 10.5. The van der Waals surface area contributed by atoms with Gasteiger partial charge in [-0.25, -0.2) is 0 Å². The molecular formula is C12H19N3O. The van der Waals surface area contributed by atoms with Crippen LogP contribution in [0.25, 0.3) is 0 Å². The molecule has 3 N–H and O–H groups in total. The highest BCUT2D eigenvalue weighted by molar-refractivity contribution is 5.96. The Labute approximate surface area is 96.3 Å². The minimum absolute atomic E-state index is 0.0917. The lowest BCUT2D eigenvalue weighted by Crippen LogP contribution is -2.34. The number of nitrogens with one attached hydrogen (secondary N) is 1. The second-order valence-electron chi connectivity index (χ2n) is 3.89. The highest BCUT2D eigenvalue weighted by Crippen LogP contribution is 2.10. The second-order valence-corrected chi connectivity index (χ2v) is 3.89. The Bertz CT molecular complexity index is 373. The van der Waals surface area contributed by atoms with Crippen LogP contribution < -0.4 is 11.1 Å². The molecule has 4 heteroatoms. The first-order valence-electron chi connectivity index (χ1n) is 5.61. The van der Waals surface area contributed by atoms with Gasteiger partial charge in [-0.1, -0.05) is 13.8 Å². The van der Waals surface area contributed by atoms with Crippen LogP contribution >= 0.6 is 0 Å². The van der Waals surface area contributed by atoms with Crippen LogP contribution in [0.4, 0.5) is 5.69 Å². The van der Waals surface area contributed by atoms with E-state index in [2.05, 4.69) is 24.1 Å². The molecule has 88 valence electrons. The quantitative estimate of drug-likeness (QED) is 0.815. The Morgan fingerprint density at radius 3 is 2.69 bits per heavy atom. The standard InChI is InChI=1S/C12H19N3O/c1-4-10(5-2)15-12(16)11-6-9(13)7-14-8(11)3/h6-7,10H,4-5,13H2,1-3H3,(H,15,16). The number of aryl methyl sites for hydroxylation is 1. The molecule has 0 unspecified atom stereocenters. The maximum absolute atomic E-state index is 11.9. The van der Waals surface area contributed by atoms with E-state index in [4.69, 9.17) is 5.73 Å². The van der Waals surface area contributed by atoms with Gasteiger partial charge >= 0.3 is 0 Å². The molecule has 0 bridgehead atoms. The summed E-state index contributed by atoms with van der Waals surface area (Å²) in [5, 5.41) is 2.97. The Morgan fingerprint density at radius 1 is 1.50 bits per heavy atom. The van der Waals surface area contributed by atoms with Gasteiger partial charge in [0.15, 0.2) is 0 Å². The summed E-state index contributed by atoms with van der Waals surface area (Å²) in [6.45, 7) is 5.92. The predicted octanol–water partition coefficient (Wildman–Crippen LogP) is 1.89. The summed E-state index contributed by atoms with van der Waals surface area (Å²) < 4.78 is 0. The fourth-order valence-corrected chi connectivity index (χ4v) is 1.54. The van der Waals surface area contributed by atoms with E-state index in [1.165, 1.54) is 0 Å². The first-order valence-corrected chi connectivity index (χ1v) is 5.61. The van der Waals surface area contributed by atoms with Gasteiger partial charge in [0, 0.05) is 6.04 Å². The van der Waals surface area contributed by atoms with Crippen molar-refractivity contribution in [3.63, 3.8) is 0 Å². The maximum atomic E-state index is 11.9. The largest absolute Gasteiger partial charge is 0.397 e. The number of nitrogens with zero attached hydrogens (tertiary/aromatic N) is 1. The number of carbonyl (C=O) groups excluding carboxylic acids is 1. The molecular weight excluding hydrogens is 202 g/mol. The van der Waals surface area contributed by atoms with Crippen molar-refractivity contribution in [2.45, 2.75) is 39.7 Å². The first-order chi connectivity index (χ1) is 7.58. The summed E-state index contributed by atoms with van der Waals surface area (Å²) in [6, 6.07) is 1.88. The molecule has 0 aliphatic rings. The van der Waals surface area contributed by atoms with Crippen molar-refractivity contribution in [2.24, 2.45) is 0 Å². The number of aromatic nitrogens is 1. The van der Waals surface area contributed by atoms with Crippen LogP contribution in [-0.2, 0) is 0 Å². The Kier molecular flexibility index (Phi) is 4.28. The third-order valence-corrected chi connectivity index (χ3v) is 2.67. The van der Waals surface area contributed by atoms with Crippen LogP contribution in [0.15, 0.2) is 12.3 Å². The lowest BCUT2D eigenvalue weighted by atomic mass is 10.1. The Balaban J connectivity index is 2.83. The van der Waals surface area contributed by atoms with Gasteiger partial charge in [-0.05, 0) is 25.8 Å². The van der Waals surface area contributed by atoms with E-state index >= 15 is 0 Å². The number of nitrogen functional groups attached to an aromatic ring is 1. The summed E-state index contributed by atoms with van der Waals surface area (Å²) >= 11 is 0. The molecule has 0 fully saturated rings. The molecule has 4 nitrogen and oxygen atoms in total. The molecule has 0 saturated heterocycles. The lowest BCUT2D eigenvalue weighted by Gasteiger charge is -2.15. The molecule has 0 spiro atoms. The highest BCUT2D eigenvalue weighted by Gasteiger charge is 2.13. The van der Waals surface area contributed by atoms with Crippen molar-refractivity contribution in [2.75, 3.05) is 5.73 Å². The number of anilines is 1. The zero-order valence-electron chi connectivity index (χ0n) is 10.1. The van der Waals surface area contributed by atoms with Gasteiger partial charge < -0.3 is 11.1 Å². The smallest absolute Gasteiger partial charge is 0.253 e. The molecule has 1 rings (SSSR count). The molecule has 0 radical (unpaired) electrons. The summed E-state index contributed by atoms with van der Waals surface area (Å²) in [7, 11) is 0. The van der Waals surface area contributed by atoms with E-state index in [-0.39, 0.29) is 11.9 Å². The number of pyridine rings is 1. The molecule has 1 amide bonds. The van der Waals surface area contributed by atoms with E-state index in [0.29, 0.717) is 16.9 Å². The average Bonchev–Trinajstić information content (AvgIpc) is 2.28. The first kappa shape index (κ1) is 12.5. The minimum Gasteiger partial charge on any atom is -0.397 e. The topological polar surface area (TPSA) is 68.0 Å². The van der Waals surface area contributed by atoms with Crippen LogP contribution in [-0.4, -0.2) is 16.9 Å². The van der Waals surface area contributed by atoms with Crippen molar-refractivity contribution >= 4 is 11.6 Å². The zero-order valence-corrected chi connectivity index (χ0v) is 10.1. The van der Waals surface area contributed by atoms with E-state index < -0.39 is 0 Å². The molecule has 1 aromatic heterocycles. The van der Waals surface area contributed by atoms with Gasteiger partial charge in [0.05, 0.1) is 23.1 Å². The van der Waals surface area contributed by atoms with Gasteiger partial charge in [0.2, 0.25) is 0 Å². The number of carbonyl (C=O) groups is 1. The van der Waals surface area contributed by atoms with E-state index in [9.17, 15) is 4.79 Å². The van der Waals surface area contributed by atoms with Gasteiger partial charge in [0.1, 0.15) is 0 Å². The van der Waals surface area contributed by atoms with Crippen molar-refractivity contribution in [1.82, 2.24) is 10.3 Å².